The number of benzene rings is 1. The molecule has 10 heteroatoms. The van der Waals surface area contributed by atoms with Gasteiger partial charge in [0.1, 0.15) is 0 Å². The van der Waals surface area contributed by atoms with Crippen LogP contribution in [0.2, 0.25) is 0 Å². The van der Waals surface area contributed by atoms with Crippen LogP contribution in [0.5, 0.6) is 0 Å². The number of nitrogens with zero attached hydrogens (tertiary/aromatic N) is 3. The van der Waals surface area contributed by atoms with Crippen molar-refractivity contribution >= 4 is 11.9 Å². The lowest BCUT2D eigenvalue weighted by molar-refractivity contribution is -0.137. The Labute approximate surface area is 151 Å². The third-order valence-electron chi connectivity index (χ3n) is 3.16. The summed E-state index contributed by atoms with van der Waals surface area (Å²) in [6, 6.07) is 4.68. The van der Waals surface area contributed by atoms with E-state index in [2.05, 4.69) is 27.8 Å². The Balaban J connectivity index is 3.44. The second-order valence-corrected chi connectivity index (χ2v) is 5.25. The van der Waals surface area contributed by atoms with E-state index in [0.717, 1.165) is 12.1 Å². The monoisotopic (exact) mass is 390 g/mol. The number of aliphatic imine (C=N–C) groups is 1. The molecule has 0 saturated heterocycles. The fraction of sp³-hybridized carbons (Fsp3) is 0.235. The Bertz CT molecular complexity index is 785. The normalized spacial score (nSPS) is 14.7. The van der Waals surface area contributed by atoms with Gasteiger partial charge in [-0.2, -0.15) is 26.3 Å². The van der Waals surface area contributed by atoms with Crippen molar-refractivity contribution in [2.75, 3.05) is 6.54 Å². The molecule has 0 heterocycles. The van der Waals surface area contributed by atoms with Crippen molar-refractivity contribution in [3.05, 3.63) is 65.3 Å². The lowest BCUT2D eigenvalue weighted by Crippen LogP contribution is -2.21. The van der Waals surface area contributed by atoms with Crippen molar-refractivity contribution < 1.29 is 26.3 Å². The zero-order chi connectivity index (χ0) is 20.7. The highest BCUT2D eigenvalue weighted by atomic mass is 19.4. The molecule has 27 heavy (non-hydrogen) atoms. The molecule has 0 aliphatic rings. The van der Waals surface area contributed by atoms with Crippen molar-refractivity contribution in [1.29, 1.82) is 0 Å². The third kappa shape index (κ3) is 7.08. The number of alkyl halides is 6. The standard InChI is InChI=1S/C17H16F6N4/c1-3-11(2)8-12(10-25-15(26-27-24)17(21,22)23)9-13-6-4-5-7-14(13)16(18,19)20/h3-9H,1,10H2,2H3,(H2,24,25,26)/b11-8+,12-9+. The maximum absolute atomic E-state index is 13.1. The van der Waals surface area contributed by atoms with E-state index in [1.54, 1.807) is 6.92 Å². The van der Waals surface area contributed by atoms with Gasteiger partial charge in [0, 0.05) is 0 Å². The number of allylic oxidation sites excluding steroid dienone is 2. The minimum Gasteiger partial charge on any atom is -0.305 e. The largest absolute Gasteiger partial charge is 0.453 e. The molecule has 0 bridgehead atoms. The topological polar surface area (TPSA) is 63.1 Å². The molecule has 2 N–H and O–H groups in total. The molecule has 0 saturated carbocycles. The van der Waals surface area contributed by atoms with E-state index in [1.165, 1.54) is 30.4 Å². The van der Waals surface area contributed by atoms with Crippen LogP contribution < -0.4 is 5.84 Å². The molecule has 4 nitrogen and oxygen atoms in total. The van der Waals surface area contributed by atoms with E-state index in [9.17, 15) is 26.3 Å². The van der Waals surface area contributed by atoms with Crippen LogP contribution in [0.1, 0.15) is 18.1 Å². The fourth-order valence-electron chi connectivity index (χ4n) is 1.96. The van der Waals surface area contributed by atoms with Crippen LogP contribution in [0.15, 0.2) is 69.5 Å². The second-order valence-electron chi connectivity index (χ2n) is 5.25. The third-order valence-corrected chi connectivity index (χ3v) is 3.16. The summed E-state index contributed by atoms with van der Waals surface area (Å²) >= 11 is 0. The zero-order valence-corrected chi connectivity index (χ0v) is 14.1. The molecule has 0 amide bonds. The SMILES string of the molecule is C=C/C(C)=C/C(=C\c1ccccc1C(F)(F)F)CN=C(N=NN)C(F)(F)F. The predicted molar refractivity (Wildman–Crippen MR) is 90.8 cm³/mol. The Kier molecular flexibility index (Phi) is 7.50. The Morgan fingerprint density at radius 3 is 2.30 bits per heavy atom. The van der Waals surface area contributed by atoms with Crippen LogP contribution in [-0.2, 0) is 6.18 Å². The highest BCUT2D eigenvalue weighted by Crippen LogP contribution is 2.33. The maximum Gasteiger partial charge on any atom is 0.453 e. The van der Waals surface area contributed by atoms with E-state index < -0.39 is 30.3 Å². The zero-order valence-electron chi connectivity index (χ0n) is 14.1. The molecular formula is C17H16F6N4. The van der Waals surface area contributed by atoms with Gasteiger partial charge >= 0.3 is 12.4 Å². The van der Waals surface area contributed by atoms with Gasteiger partial charge in [0.2, 0.25) is 0 Å². The van der Waals surface area contributed by atoms with Gasteiger partial charge in [-0.15, -0.1) is 5.11 Å². The predicted octanol–water partition coefficient (Wildman–Crippen LogP) is 5.51. The van der Waals surface area contributed by atoms with Crippen molar-refractivity contribution in [3.63, 3.8) is 0 Å². The van der Waals surface area contributed by atoms with Gasteiger partial charge in [0.15, 0.2) is 0 Å². The smallest absolute Gasteiger partial charge is 0.305 e. The number of halogens is 6. The van der Waals surface area contributed by atoms with Gasteiger partial charge in [0.05, 0.1) is 12.1 Å². The molecule has 0 aromatic heterocycles. The van der Waals surface area contributed by atoms with E-state index >= 15 is 0 Å². The summed E-state index contributed by atoms with van der Waals surface area (Å²) in [6.07, 6.45) is -5.65. The number of hydrogen-bond donors (Lipinski definition) is 1. The first-order valence-corrected chi connectivity index (χ1v) is 7.39. The molecular weight excluding hydrogens is 374 g/mol. The van der Waals surface area contributed by atoms with E-state index in [1.807, 2.05) is 0 Å². The summed E-state index contributed by atoms with van der Waals surface area (Å²) in [4.78, 5) is 3.28. The summed E-state index contributed by atoms with van der Waals surface area (Å²) < 4.78 is 77.7. The van der Waals surface area contributed by atoms with Crippen molar-refractivity contribution in [3.8, 4) is 0 Å². The number of rotatable bonds is 5. The van der Waals surface area contributed by atoms with Gasteiger partial charge in [0.25, 0.3) is 5.84 Å². The van der Waals surface area contributed by atoms with E-state index in [0.29, 0.717) is 5.57 Å². The van der Waals surface area contributed by atoms with Gasteiger partial charge in [-0.25, -0.2) is 0 Å². The average molecular weight is 390 g/mol. The molecule has 0 aliphatic heterocycles. The molecule has 0 fully saturated rings. The van der Waals surface area contributed by atoms with E-state index in [-0.39, 0.29) is 11.1 Å². The molecule has 146 valence electrons. The Morgan fingerprint density at radius 2 is 1.78 bits per heavy atom. The van der Waals surface area contributed by atoms with Crippen molar-refractivity contribution in [1.82, 2.24) is 0 Å². The lowest BCUT2D eigenvalue weighted by atomic mass is 10.0. The molecule has 1 aromatic rings. The first-order chi connectivity index (χ1) is 12.5. The molecule has 0 radical (unpaired) electrons. The van der Waals surface area contributed by atoms with Gasteiger partial charge in [-0.3, -0.25) is 4.99 Å². The number of nitrogens with two attached hydrogens (primary N) is 1. The number of amidine groups is 1. The number of hydrogen-bond acceptors (Lipinski definition) is 2. The maximum atomic E-state index is 13.1. The average Bonchev–Trinajstić information content (AvgIpc) is 2.56. The molecule has 0 aliphatic carbocycles. The second kappa shape index (κ2) is 9.15. The summed E-state index contributed by atoms with van der Waals surface area (Å²) in [5.74, 6) is 3.05. The molecule has 0 spiro atoms. The van der Waals surface area contributed by atoms with Gasteiger partial charge in [-0.05, 0) is 30.2 Å². The van der Waals surface area contributed by atoms with Crippen LogP contribution in [0, 0.1) is 0 Å². The van der Waals surface area contributed by atoms with Crippen LogP contribution in [0.3, 0.4) is 0 Å². The van der Waals surface area contributed by atoms with Crippen LogP contribution in [0.4, 0.5) is 26.3 Å². The Hall–Kier alpha value is -2.91. The van der Waals surface area contributed by atoms with Gasteiger partial charge < -0.3 is 5.84 Å². The molecule has 1 rings (SSSR count). The summed E-state index contributed by atoms with van der Waals surface area (Å²) in [6.45, 7) is 4.50. The highest BCUT2D eigenvalue weighted by molar-refractivity contribution is 5.88. The van der Waals surface area contributed by atoms with Crippen LogP contribution in [0.25, 0.3) is 6.08 Å². The highest BCUT2D eigenvalue weighted by Gasteiger charge is 2.36. The molecule has 0 atom stereocenters. The summed E-state index contributed by atoms with van der Waals surface area (Å²) in [5, 5.41) is 5.27. The van der Waals surface area contributed by atoms with Crippen LogP contribution in [-0.4, -0.2) is 18.6 Å². The van der Waals surface area contributed by atoms with E-state index in [4.69, 9.17) is 0 Å². The first kappa shape index (κ1) is 22.1. The fourth-order valence-corrected chi connectivity index (χ4v) is 1.96. The van der Waals surface area contributed by atoms with Crippen molar-refractivity contribution in [2.45, 2.75) is 19.3 Å². The quantitative estimate of drug-likeness (QED) is 0.135. The minimum absolute atomic E-state index is 0.0815. The summed E-state index contributed by atoms with van der Waals surface area (Å²) in [7, 11) is 0. The first-order valence-electron chi connectivity index (χ1n) is 7.39. The minimum atomic E-state index is -4.91. The summed E-state index contributed by atoms with van der Waals surface area (Å²) in [5.41, 5.74) is -0.529. The van der Waals surface area contributed by atoms with Crippen LogP contribution >= 0.6 is 0 Å². The molecule has 1 aromatic carbocycles. The van der Waals surface area contributed by atoms with Gasteiger partial charge in [-0.1, -0.05) is 47.7 Å². The Morgan fingerprint density at radius 1 is 1.15 bits per heavy atom. The molecule has 0 unspecified atom stereocenters. The van der Waals surface area contributed by atoms with Crippen molar-refractivity contribution in [2.24, 2.45) is 21.2 Å². The lowest BCUT2D eigenvalue weighted by Gasteiger charge is -2.11.